The van der Waals surface area contributed by atoms with Gasteiger partial charge in [-0.2, -0.15) is 4.39 Å². The van der Waals surface area contributed by atoms with Gasteiger partial charge in [0.05, 0.1) is 6.61 Å². The summed E-state index contributed by atoms with van der Waals surface area (Å²) in [6, 6.07) is 3.34. The van der Waals surface area contributed by atoms with Crippen LogP contribution in [-0.2, 0) is 0 Å². The van der Waals surface area contributed by atoms with E-state index in [0.717, 1.165) is 49.4 Å². The highest BCUT2D eigenvalue weighted by molar-refractivity contribution is 5.33. The van der Waals surface area contributed by atoms with Gasteiger partial charge in [-0.3, -0.25) is 0 Å². The summed E-state index contributed by atoms with van der Waals surface area (Å²) in [7, 11) is 0. The Labute approximate surface area is 163 Å². The van der Waals surface area contributed by atoms with Crippen LogP contribution in [0.15, 0.2) is 12.1 Å². The van der Waals surface area contributed by atoms with E-state index in [0.29, 0.717) is 12.2 Å². The van der Waals surface area contributed by atoms with Crippen LogP contribution in [0, 0.1) is 35.3 Å². The lowest BCUT2D eigenvalue weighted by Gasteiger charge is -2.39. The highest BCUT2D eigenvalue weighted by Crippen LogP contribution is 2.45. The third kappa shape index (κ3) is 4.66. The first-order valence-electron chi connectivity index (χ1n) is 11.2. The fourth-order valence-corrected chi connectivity index (χ4v) is 5.59. The second-order valence-electron chi connectivity index (χ2n) is 8.87. The fraction of sp³-hybridized carbons (Fsp3) is 0.750. The van der Waals surface area contributed by atoms with E-state index < -0.39 is 11.6 Å². The number of hydrogen-bond acceptors (Lipinski definition) is 1. The van der Waals surface area contributed by atoms with Gasteiger partial charge in [0, 0.05) is 0 Å². The molecule has 1 nitrogen and oxygen atoms in total. The minimum Gasteiger partial charge on any atom is -0.491 e. The van der Waals surface area contributed by atoms with Gasteiger partial charge in [0.15, 0.2) is 11.6 Å². The third-order valence-corrected chi connectivity index (χ3v) is 7.54. The molecule has 0 spiro atoms. The first-order valence-corrected chi connectivity index (χ1v) is 11.2. The Morgan fingerprint density at radius 3 is 2.04 bits per heavy atom. The maximum atomic E-state index is 14.5. The molecule has 2 aliphatic carbocycles. The second kappa shape index (κ2) is 9.39. The molecule has 1 aromatic rings. The van der Waals surface area contributed by atoms with Crippen molar-refractivity contribution < 1.29 is 13.5 Å². The summed E-state index contributed by atoms with van der Waals surface area (Å²) >= 11 is 0. The summed E-state index contributed by atoms with van der Waals surface area (Å²) in [5.41, 5.74) is 0.547. The molecule has 0 N–H and O–H groups in total. The van der Waals surface area contributed by atoms with E-state index >= 15 is 0 Å². The number of benzene rings is 1. The predicted octanol–water partition coefficient (Wildman–Crippen LogP) is 7.49. The molecule has 2 aliphatic rings. The molecule has 2 saturated carbocycles. The molecule has 152 valence electrons. The molecule has 0 aliphatic heterocycles. The molecule has 1 atom stereocenters. The van der Waals surface area contributed by atoms with E-state index in [2.05, 4.69) is 13.8 Å². The summed E-state index contributed by atoms with van der Waals surface area (Å²) in [5.74, 6) is 1.99. The SMILES string of the molecule is CCOc1ccc([C@H]2CC[C@H](C(C)C3CCC(CC)CC3)CC2)c(F)c1F. The van der Waals surface area contributed by atoms with Crippen molar-refractivity contribution in [2.75, 3.05) is 6.61 Å². The summed E-state index contributed by atoms with van der Waals surface area (Å²) < 4.78 is 33.9. The van der Waals surface area contributed by atoms with Crippen molar-refractivity contribution in [3.8, 4) is 5.75 Å². The van der Waals surface area contributed by atoms with Crippen LogP contribution in [-0.4, -0.2) is 6.61 Å². The van der Waals surface area contributed by atoms with Gasteiger partial charge >= 0.3 is 0 Å². The van der Waals surface area contributed by atoms with Crippen molar-refractivity contribution in [2.45, 2.75) is 84.5 Å². The molecule has 1 aromatic carbocycles. The van der Waals surface area contributed by atoms with Crippen molar-refractivity contribution in [1.82, 2.24) is 0 Å². The minimum absolute atomic E-state index is 0.0312. The Balaban J connectivity index is 1.57. The minimum atomic E-state index is -0.822. The Bertz CT molecular complexity index is 599. The Kier molecular flexibility index (Phi) is 7.16. The van der Waals surface area contributed by atoms with Crippen LogP contribution >= 0.6 is 0 Å². The van der Waals surface area contributed by atoms with Crippen LogP contribution in [0.25, 0.3) is 0 Å². The zero-order valence-electron chi connectivity index (χ0n) is 17.3. The van der Waals surface area contributed by atoms with Crippen LogP contribution in [0.5, 0.6) is 5.75 Å². The molecule has 0 aromatic heterocycles. The van der Waals surface area contributed by atoms with Crippen molar-refractivity contribution in [3.63, 3.8) is 0 Å². The van der Waals surface area contributed by atoms with Crippen LogP contribution in [0.3, 0.4) is 0 Å². The van der Waals surface area contributed by atoms with Crippen molar-refractivity contribution in [2.24, 2.45) is 23.7 Å². The molecule has 3 heteroatoms. The number of ether oxygens (including phenoxy) is 1. The number of rotatable bonds is 6. The Hall–Kier alpha value is -1.12. The van der Waals surface area contributed by atoms with Gasteiger partial charge < -0.3 is 4.74 Å². The second-order valence-corrected chi connectivity index (χ2v) is 8.87. The molecule has 3 rings (SSSR count). The first-order chi connectivity index (χ1) is 13.0. The van der Waals surface area contributed by atoms with Crippen LogP contribution in [0.2, 0.25) is 0 Å². The maximum Gasteiger partial charge on any atom is 0.200 e. The van der Waals surface area contributed by atoms with Crippen molar-refractivity contribution in [3.05, 3.63) is 29.3 Å². The van der Waals surface area contributed by atoms with Crippen molar-refractivity contribution in [1.29, 1.82) is 0 Å². The lowest BCUT2D eigenvalue weighted by Crippen LogP contribution is -2.28. The smallest absolute Gasteiger partial charge is 0.200 e. The molecular formula is C24H36F2O. The lowest BCUT2D eigenvalue weighted by molar-refractivity contribution is 0.133. The van der Waals surface area contributed by atoms with Gasteiger partial charge in [0.2, 0.25) is 5.82 Å². The maximum absolute atomic E-state index is 14.5. The average Bonchev–Trinajstić information content (AvgIpc) is 2.71. The zero-order valence-corrected chi connectivity index (χ0v) is 17.3. The normalized spacial score (nSPS) is 30.1. The highest BCUT2D eigenvalue weighted by Gasteiger charge is 2.33. The number of hydrogen-bond donors (Lipinski definition) is 0. The summed E-state index contributed by atoms with van der Waals surface area (Å²) in [5, 5.41) is 0. The molecule has 1 unspecified atom stereocenters. The molecule has 0 saturated heterocycles. The van der Waals surface area contributed by atoms with E-state index in [-0.39, 0.29) is 11.7 Å². The molecule has 27 heavy (non-hydrogen) atoms. The molecule has 2 fully saturated rings. The number of halogens is 2. The van der Waals surface area contributed by atoms with Gasteiger partial charge in [-0.05, 0) is 86.7 Å². The Morgan fingerprint density at radius 1 is 0.889 bits per heavy atom. The summed E-state index contributed by atoms with van der Waals surface area (Å²) in [4.78, 5) is 0. The summed E-state index contributed by atoms with van der Waals surface area (Å²) in [6.07, 6.45) is 11.1. The summed E-state index contributed by atoms with van der Waals surface area (Å²) in [6.45, 7) is 6.89. The average molecular weight is 379 g/mol. The predicted molar refractivity (Wildman–Crippen MR) is 107 cm³/mol. The van der Waals surface area contributed by atoms with E-state index in [1.807, 2.05) is 0 Å². The van der Waals surface area contributed by atoms with Crippen LogP contribution in [0.4, 0.5) is 8.78 Å². The monoisotopic (exact) mass is 378 g/mol. The van der Waals surface area contributed by atoms with E-state index in [4.69, 9.17) is 4.74 Å². The quantitative estimate of drug-likeness (QED) is 0.498. The molecular weight excluding hydrogens is 342 g/mol. The van der Waals surface area contributed by atoms with Crippen molar-refractivity contribution >= 4 is 0 Å². The topological polar surface area (TPSA) is 9.23 Å². The van der Waals surface area contributed by atoms with Gasteiger partial charge in [0.1, 0.15) is 0 Å². The van der Waals surface area contributed by atoms with Gasteiger partial charge in [-0.15, -0.1) is 0 Å². The van der Waals surface area contributed by atoms with Gasteiger partial charge in [0.25, 0.3) is 0 Å². The third-order valence-electron chi connectivity index (χ3n) is 7.54. The molecule has 0 heterocycles. The zero-order chi connectivity index (χ0) is 19.4. The largest absolute Gasteiger partial charge is 0.491 e. The van der Waals surface area contributed by atoms with Gasteiger partial charge in [-0.1, -0.05) is 39.2 Å². The fourth-order valence-electron chi connectivity index (χ4n) is 5.59. The van der Waals surface area contributed by atoms with Crippen LogP contribution in [0.1, 0.15) is 90.0 Å². The van der Waals surface area contributed by atoms with E-state index in [1.165, 1.54) is 32.1 Å². The standard InChI is InChI=1S/C24H36F2O/c1-4-17-6-8-18(9-7-17)16(3)19-10-12-20(13-11-19)21-14-15-22(27-5-2)24(26)23(21)25/h14-20H,4-13H2,1-3H3/t16?,17?,18?,19-,20-. The molecule has 0 amide bonds. The van der Waals surface area contributed by atoms with E-state index in [9.17, 15) is 8.78 Å². The molecule has 0 radical (unpaired) electrons. The van der Waals surface area contributed by atoms with E-state index in [1.54, 1.807) is 19.1 Å². The lowest BCUT2D eigenvalue weighted by atomic mass is 9.66. The highest BCUT2D eigenvalue weighted by atomic mass is 19.2. The Morgan fingerprint density at radius 2 is 1.48 bits per heavy atom. The first kappa shape index (κ1) is 20.6. The molecule has 0 bridgehead atoms. The van der Waals surface area contributed by atoms with Gasteiger partial charge in [-0.25, -0.2) is 4.39 Å². The van der Waals surface area contributed by atoms with Crippen LogP contribution < -0.4 is 4.74 Å².